The van der Waals surface area contributed by atoms with Gasteiger partial charge in [-0.05, 0) is 18.6 Å². The lowest BCUT2D eigenvalue weighted by Crippen LogP contribution is -2.43. The summed E-state index contributed by atoms with van der Waals surface area (Å²) >= 11 is 1.18. The van der Waals surface area contributed by atoms with Crippen molar-refractivity contribution >= 4 is 35.2 Å². The van der Waals surface area contributed by atoms with Gasteiger partial charge in [-0.25, -0.2) is 9.59 Å². The summed E-state index contributed by atoms with van der Waals surface area (Å²) in [6, 6.07) is 3.99. The van der Waals surface area contributed by atoms with Crippen LogP contribution in [-0.2, 0) is 9.53 Å². The number of carboxylic acid groups (broad SMARTS) is 1. The average molecular weight is 327 g/mol. The lowest BCUT2D eigenvalue weighted by Gasteiger charge is -2.15. The van der Waals surface area contributed by atoms with Crippen LogP contribution in [0.5, 0.6) is 0 Å². The van der Waals surface area contributed by atoms with Gasteiger partial charge in [0.1, 0.15) is 6.04 Å². The minimum Gasteiger partial charge on any atom is -0.480 e. The highest BCUT2D eigenvalue weighted by atomic mass is 32.2. The van der Waals surface area contributed by atoms with Gasteiger partial charge in [0.15, 0.2) is 0 Å². The second kappa shape index (κ2) is 9.04. The number of unbranched alkanes of at least 4 members (excludes halogenated alkanes) is 1. The molecule has 0 aliphatic rings. The predicted octanol–water partition coefficient (Wildman–Crippen LogP) is 1.92. The number of nitrogens with two attached hydrogens (primary N) is 2. The van der Waals surface area contributed by atoms with Crippen molar-refractivity contribution in [1.29, 1.82) is 0 Å². The maximum absolute atomic E-state index is 11.5. The molecule has 0 heterocycles. The number of benzene rings is 1. The number of amides is 1. The third-order valence-electron chi connectivity index (χ3n) is 2.79. The summed E-state index contributed by atoms with van der Waals surface area (Å²) in [6.45, 7) is 2.23. The minimum atomic E-state index is -1.15. The number of carbonyl (C=O) groups is 2. The van der Waals surface area contributed by atoms with Crippen molar-refractivity contribution in [3.63, 3.8) is 0 Å². The largest absolute Gasteiger partial charge is 0.480 e. The van der Waals surface area contributed by atoms with Crippen LogP contribution in [-0.4, -0.2) is 35.6 Å². The standard InChI is InChI=1S/C14H21N3O4S/c1-2-3-7-21-14(20)17-11(13(18)19)8-22-12-9(15)5-4-6-10(12)16/h4-6,11H,2-3,7-8,15-16H2,1H3,(H,17,20)(H,18,19). The van der Waals surface area contributed by atoms with Gasteiger partial charge in [-0.1, -0.05) is 19.4 Å². The van der Waals surface area contributed by atoms with E-state index in [2.05, 4.69) is 5.32 Å². The van der Waals surface area contributed by atoms with Gasteiger partial charge in [-0.2, -0.15) is 0 Å². The smallest absolute Gasteiger partial charge is 0.407 e. The number of anilines is 2. The van der Waals surface area contributed by atoms with Gasteiger partial charge in [-0.15, -0.1) is 11.8 Å². The van der Waals surface area contributed by atoms with Gasteiger partial charge < -0.3 is 26.6 Å². The minimum absolute atomic E-state index is 0.0939. The van der Waals surface area contributed by atoms with E-state index >= 15 is 0 Å². The molecule has 0 bridgehead atoms. The fourth-order valence-corrected chi connectivity index (χ4v) is 2.60. The molecule has 0 aliphatic heterocycles. The number of nitrogens with one attached hydrogen (secondary N) is 1. The molecule has 0 saturated heterocycles. The predicted molar refractivity (Wildman–Crippen MR) is 86.8 cm³/mol. The molecule has 1 amide bonds. The Morgan fingerprint density at radius 3 is 2.55 bits per heavy atom. The maximum atomic E-state index is 11.5. The Morgan fingerprint density at radius 1 is 1.36 bits per heavy atom. The molecule has 1 aromatic rings. The molecular weight excluding hydrogens is 306 g/mol. The summed E-state index contributed by atoms with van der Waals surface area (Å²) < 4.78 is 4.89. The number of aliphatic carboxylic acids is 1. The van der Waals surface area contributed by atoms with Crippen molar-refractivity contribution in [3.05, 3.63) is 18.2 Å². The Balaban J connectivity index is 2.58. The van der Waals surface area contributed by atoms with Crippen molar-refractivity contribution in [1.82, 2.24) is 5.32 Å². The van der Waals surface area contributed by atoms with E-state index in [0.717, 1.165) is 12.8 Å². The van der Waals surface area contributed by atoms with Crippen molar-refractivity contribution in [3.8, 4) is 0 Å². The molecule has 1 atom stereocenters. The number of carbonyl (C=O) groups excluding carboxylic acids is 1. The summed E-state index contributed by atoms with van der Waals surface area (Å²) in [5.74, 6) is -1.05. The maximum Gasteiger partial charge on any atom is 0.407 e. The summed E-state index contributed by atoms with van der Waals surface area (Å²) in [5.41, 5.74) is 12.6. The van der Waals surface area contributed by atoms with Crippen LogP contribution in [0.1, 0.15) is 19.8 Å². The van der Waals surface area contributed by atoms with Gasteiger partial charge in [-0.3, -0.25) is 0 Å². The van der Waals surface area contributed by atoms with Crippen molar-refractivity contribution in [2.75, 3.05) is 23.8 Å². The Labute approximate surface area is 133 Å². The number of rotatable bonds is 8. The van der Waals surface area contributed by atoms with E-state index in [1.165, 1.54) is 11.8 Å². The number of thioether (sulfide) groups is 1. The molecule has 8 heteroatoms. The fourth-order valence-electron chi connectivity index (χ4n) is 1.57. The first-order valence-corrected chi connectivity index (χ1v) is 7.87. The Bertz CT molecular complexity index is 505. The molecule has 6 N–H and O–H groups in total. The molecule has 0 aromatic heterocycles. The molecule has 0 radical (unpaired) electrons. The van der Waals surface area contributed by atoms with Crippen LogP contribution in [0.25, 0.3) is 0 Å². The molecule has 1 aromatic carbocycles. The van der Waals surface area contributed by atoms with Crippen molar-refractivity contribution < 1.29 is 19.4 Å². The van der Waals surface area contributed by atoms with E-state index in [0.29, 0.717) is 16.3 Å². The van der Waals surface area contributed by atoms with E-state index in [1.54, 1.807) is 18.2 Å². The van der Waals surface area contributed by atoms with Crippen LogP contribution in [0, 0.1) is 0 Å². The van der Waals surface area contributed by atoms with Crippen LogP contribution in [0.15, 0.2) is 23.1 Å². The third kappa shape index (κ3) is 5.72. The highest BCUT2D eigenvalue weighted by molar-refractivity contribution is 7.99. The lowest BCUT2D eigenvalue weighted by atomic mass is 10.3. The molecule has 0 fully saturated rings. The topological polar surface area (TPSA) is 128 Å². The Morgan fingerprint density at radius 2 is 2.00 bits per heavy atom. The molecule has 0 aliphatic carbocycles. The zero-order valence-electron chi connectivity index (χ0n) is 12.4. The zero-order chi connectivity index (χ0) is 16.5. The molecule has 22 heavy (non-hydrogen) atoms. The van der Waals surface area contributed by atoms with Gasteiger partial charge >= 0.3 is 12.1 Å². The second-order valence-electron chi connectivity index (χ2n) is 4.60. The van der Waals surface area contributed by atoms with E-state index in [9.17, 15) is 9.59 Å². The van der Waals surface area contributed by atoms with Gasteiger partial charge in [0.25, 0.3) is 0 Å². The van der Waals surface area contributed by atoms with Crippen LogP contribution >= 0.6 is 11.8 Å². The highest BCUT2D eigenvalue weighted by Gasteiger charge is 2.21. The molecule has 0 spiro atoms. The molecule has 7 nitrogen and oxygen atoms in total. The first-order valence-electron chi connectivity index (χ1n) is 6.88. The SMILES string of the molecule is CCCCOC(=O)NC(CSc1c(N)cccc1N)C(=O)O. The van der Waals surface area contributed by atoms with E-state index in [4.69, 9.17) is 21.3 Å². The van der Waals surface area contributed by atoms with E-state index in [1.807, 2.05) is 6.92 Å². The second-order valence-corrected chi connectivity index (χ2v) is 5.63. The first kappa shape index (κ1) is 18.0. The Hall–Kier alpha value is -2.09. The van der Waals surface area contributed by atoms with Crippen LogP contribution in [0.4, 0.5) is 16.2 Å². The zero-order valence-corrected chi connectivity index (χ0v) is 13.2. The van der Waals surface area contributed by atoms with Gasteiger partial charge in [0.05, 0.1) is 11.5 Å². The molecular formula is C14H21N3O4S. The average Bonchev–Trinajstić information content (AvgIpc) is 2.45. The summed E-state index contributed by atoms with van der Waals surface area (Å²) in [7, 11) is 0. The highest BCUT2D eigenvalue weighted by Crippen LogP contribution is 2.31. The molecule has 122 valence electrons. The van der Waals surface area contributed by atoms with Gasteiger partial charge in [0, 0.05) is 17.1 Å². The third-order valence-corrected chi connectivity index (χ3v) is 4.05. The van der Waals surface area contributed by atoms with Crippen molar-refractivity contribution in [2.24, 2.45) is 0 Å². The molecule has 1 rings (SSSR count). The summed E-state index contributed by atoms with van der Waals surface area (Å²) in [4.78, 5) is 23.3. The summed E-state index contributed by atoms with van der Waals surface area (Å²) in [5, 5.41) is 11.5. The van der Waals surface area contributed by atoms with Gasteiger partial charge in [0.2, 0.25) is 0 Å². The number of hydrogen-bond acceptors (Lipinski definition) is 6. The Kier molecular flexibility index (Phi) is 7.38. The number of hydrogen-bond donors (Lipinski definition) is 4. The number of carboxylic acids is 1. The lowest BCUT2D eigenvalue weighted by molar-refractivity contribution is -0.138. The van der Waals surface area contributed by atoms with E-state index < -0.39 is 18.1 Å². The quantitative estimate of drug-likeness (QED) is 0.326. The van der Waals surface area contributed by atoms with Crippen LogP contribution in [0.2, 0.25) is 0 Å². The number of alkyl carbamates (subject to hydrolysis) is 1. The van der Waals surface area contributed by atoms with Crippen LogP contribution < -0.4 is 16.8 Å². The first-order chi connectivity index (χ1) is 10.5. The summed E-state index contributed by atoms with van der Waals surface area (Å²) in [6.07, 6.45) is 0.880. The van der Waals surface area contributed by atoms with Crippen molar-refractivity contribution in [2.45, 2.75) is 30.7 Å². The van der Waals surface area contributed by atoms with Crippen LogP contribution in [0.3, 0.4) is 0 Å². The monoisotopic (exact) mass is 327 g/mol. The van der Waals surface area contributed by atoms with E-state index in [-0.39, 0.29) is 12.4 Å². The number of ether oxygens (including phenoxy) is 1. The normalized spacial score (nSPS) is 11.7. The molecule has 1 unspecified atom stereocenters. The number of nitrogen functional groups attached to an aromatic ring is 2. The molecule has 0 saturated carbocycles. The fraction of sp³-hybridized carbons (Fsp3) is 0.429.